The molecule has 0 aliphatic carbocycles. The van der Waals surface area contributed by atoms with Gasteiger partial charge >= 0.3 is 0 Å². The lowest BCUT2D eigenvalue weighted by Crippen LogP contribution is -2.40. The second-order valence-corrected chi connectivity index (χ2v) is 8.00. The summed E-state index contributed by atoms with van der Waals surface area (Å²) in [5, 5.41) is 0. The molecule has 1 aromatic carbocycles. The summed E-state index contributed by atoms with van der Waals surface area (Å²) in [6, 6.07) is 8.74. The molecule has 1 saturated heterocycles. The molecule has 1 atom stereocenters. The van der Waals surface area contributed by atoms with E-state index in [1.54, 1.807) is 7.11 Å². The molecule has 2 rings (SSSR count). The predicted octanol–water partition coefficient (Wildman–Crippen LogP) is 4.33. The maximum absolute atomic E-state index is 12.7. The Balaban J connectivity index is 1.92. The van der Waals surface area contributed by atoms with E-state index in [4.69, 9.17) is 4.74 Å². The standard InChI is InChI=1S/C22H36N2O2/c1-18(2)16-22(25)24(17-20-9-11-21(26-4)12-10-20)15-7-14-23-13-6-5-8-19(23)3/h9-12,18-19H,5-8,13-17H2,1-4H3. The highest BCUT2D eigenvalue weighted by Crippen LogP contribution is 2.18. The molecule has 1 amide bonds. The summed E-state index contributed by atoms with van der Waals surface area (Å²) in [4.78, 5) is 17.3. The van der Waals surface area contributed by atoms with Crippen LogP contribution in [0.5, 0.6) is 5.75 Å². The smallest absolute Gasteiger partial charge is 0.223 e. The summed E-state index contributed by atoms with van der Waals surface area (Å²) >= 11 is 0. The summed E-state index contributed by atoms with van der Waals surface area (Å²) < 4.78 is 5.23. The van der Waals surface area contributed by atoms with Gasteiger partial charge in [-0.05, 0) is 56.3 Å². The Kier molecular flexibility index (Phi) is 8.43. The molecule has 146 valence electrons. The number of carbonyl (C=O) groups excluding carboxylic acids is 1. The van der Waals surface area contributed by atoms with Gasteiger partial charge < -0.3 is 14.5 Å². The van der Waals surface area contributed by atoms with Crippen molar-refractivity contribution < 1.29 is 9.53 Å². The molecule has 1 aromatic rings. The van der Waals surface area contributed by atoms with E-state index in [0.29, 0.717) is 24.9 Å². The number of hydrogen-bond donors (Lipinski definition) is 0. The SMILES string of the molecule is COc1ccc(CN(CCCN2CCCCC2C)C(=O)CC(C)C)cc1. The molecular formula is C22H36N2O2. The van der Waals surface area contributed by atoms with Gasteiger partial charge in [0.25, 0.3) is 0 Å². The van der Waals surface area contributed by atoms with Crippen LogP contribution in [0, 0.1) is 5.92 Å². The number of likely N-dealkylation sites (tertiary alicyclic amines) is 1. The van der Waals surface area contributed by atoms with Crippen LogP contribution in [0.3, 0.4) is 0 Å². The first-order chi connectivity index (χ1) is 12.5. The van der Waals surface area contributed by atoms with Gasteiger partial charge in [0.1, 0.15) is 5.75 Å². The number of rotatable bonds is 9. The molecule has 1 fully saturated rings. The van der Waals surface area contributed by atoms with E-state index in [9.17, 15) is 4.79 Å². The van der Waals surface area contributed by atoms with Gasteiger partial charge in [0.15, 0.2) is 0 Å². The zero-order valence-electron chi connectivity index (χ0n) is 17.0. The normalized spacial score (nSPS) is 18.1. The third-order valence-corrected chi connectivity index (χ3v) is 5.28. The third-order valence-electron chi connectivity index (χ3n) is 5.28. The Morgan fingerprint density at radius 3 is 2.62 bits per heavy atom. The summed E-state index contributed by atoms with van der Waals surface area (Å²) in [6.07, 6.45) is 5.64. The Bertz CT molecular complexity index is 542. The lowest BCUT2D eigenvalue weighted by Gasteiger charge is -2.34. The fourth-order valence-corrected chi connectivity index (χ4v) is 3.68. The highest BCUT2D eigenvalue weighted by atomic mass is 16.5. The van der Waals surface area contributed by atoms with Gasteiger partial charge in [-0.2, -0.15) is 0 Å². The molecule has 1 aliphatic heterocycles. The molecule has 0 saturated carbocycles. The van der Waals surface area contributed by atoms with Crippen molar-refractivity contribution in [1.82, 2.24) is 9.80 Å². The third kappa shape index (κ3) is 6.64. The van der Waals surface area contributed by atoms with Gasteiger partial charge in [0.2, 0.25) is 5.91 Å². The minimum absolute atomic E-state index is 0.266. The van der Waals surface area contributed by atoms with Crippen molar-refractivity contribution in [3.63, 3.8) is 0 Å². The highest BCUT2D eigenvalue weighted by molar-refractivity contribution is 5.76. The molecule has 0 aromatic heterocycles. The molecule has 4 nitrogen and oxygen atoms in total. The van der Waals surface area contributed by atoms with Gasteiger partial charge in [-0.1, -0.05) is 32.4 Å². The van der Waals surface area contributed by atoms with Crippen LogP contribution < -0.4 is 4.74 Å². The zero-order valence-corrected chi connectivity index (χ0v) is 17.0. The highest BCUT2D eigenvalue weighted by Gasteiger charge is 2.19. The van der Waals surface area contributed by atoms with E-state index in [0.717, 1.165) is 30.8 Å². The lowest BCUT2D eigenvalue weighted by molar-refractivity contribution is -0.132. The maximum Gasteiger partial charge on any atom is 0.223 e. The number of amides is 1. The summed E-state index contributed by atoms with van der Waals surface area (Å²) in [6.45, 7) is 10.4. The first-order valence-electron chi connectivity index (χ1n) is 10.1. The first kappa shape index (κ1) is 20.8. The van der Waals surface area contributed by atoms with Crippen LogP contribution in [-0.4, -0.2) is 48.5 Å². The number of nitrogens with zero attached hydrogens (tertiary/aromatic N) is 2. The van der Waals surface area contributed by atoms with Gasteiger partial charge in [-0.3, -0.25) is 4.79 Å². The first-order valence-corrected chi connectivity index (χ1v) is 10.1. The topological polar surface area (TPSA) is 32.8 Å². The van der Waals surface area contributed by atoms with E-state index in [2.05, 4.69) is 37.8 Å². The predicted molar refractivity (Wildman–Crippen MR) is 107 cm³/mol. The summed E-state index contributed by atoms with van der Waals surface area (Å²) in [7, 11) is 1.68. The molecule has 0 bridgehead atoms. The Morgan fingerprint density at radius 2 is 2.00 bits per heavy atom. The van der Waals surface area contributed by atoms with Crippen LogP contribution in [0.2, 0.25) is 0 Å². The fourth-order valence-electron chi connectivity index (χ4n) is 3.68. The molecule has 1 unspecified atom stereocenters. The van der Waals surface area contributed by atoms with Crippen molar-refractivity contribution in [2.24, 2.45) is 5.92 Å². The van der Waals surface area contributed by atoms with Gasteiger partial charge in [0, 0.05) is 32.1 Å². The minimum Gasteiger partial charge on any atom is -0.497 e. The number of carbonyl (C=O) groups is 1. The summed E-state index contributed by atoms with van der Waals surface area (Å²) in [5.74, 6) is 1.51. The number of benzene rings is 1. The number of ether oxygens (including phenoxy) is 1. The molecule has 26 heavy (non-hydrogen) atoms. The van der Waals surface area contributed by atoms with Crippen molar-refractivity contribution in [2.45, 2.75) is 65.5 Å². The van der Waals surface area contributed by atoms with E-state index < -0.39 is 0 Å². The molecule has 0 radical (unpaired) electrons. The van der Waals surface area contributed by atoms with E-state index >= 15 is 0 Å². The van der Waals surface area contributed by atoms with Crippen molar-refractivity contribution in [3.05, 3.63) is 29.8 Å². The quantitative estimate of drug-likeness (QED) is 0.657. The second-order valence-electron chi connectivity index (χ2n) is 8.00. The van der Waals surface area contributed by atoms with Crippen molar-refractivity contribution in [3.8, 4) is 5.75 Å². The van der Waals surface area contributed by atoms with Crippen molar-refractivity contribution in [1.29, 1.82) is 0 Å². The maximum atomic E-state index is 12.7. The second kappa shape index (κ2) is 10.6. The van der Waals surface area contributed by atoms with Crippen LogP contribution >= 0.6 is 0 Å². The van der Waals surface area contributed by atoms with Gasteiger partial charge in [-0.25, -0.2) is 0 Å². The molecule has 4 heteroatoms. The fraction of sp³-hybridized carbons (Fsp3) is 0.682. The average molecular weight is 361 g/mol. The van der Waals surface area contributed by atoms with Crippen LogP contribution in [0.25, 0.3) is 0 Å². The summed E-state index contributed by atoms with van der Waals surface area (Å²) in [5.41, 5.74) is 1.16. The Labute approximate surface area is 159 Å². The van der Waals surface area contributed by atoms with E-state index in [1.165, 1.54) is 25.8 Å². The zero-order chi connectivity index (χ0) is 18.9. The van der Waals surface area contributed by atoms with Crippen LogP contribution in [0.15, 0.2) is 24.3 Å². The van der Waals surface area contributed by atoms with Crippen LogP contribution in [-0.2, 0) is 11.3 Å². The average Bonchev–Trinajstić information content (AvgIpc) is 2.62. The van der Waals surface area contributed by atoms with Crippen LogP contribution in [0.4, 0.5) is 0 Å². The largest absolute Gasteiger partial charge is 0.497 e. The Morgan fingerprint density at radius 1 is 1.27 bits per heavy atom. The van der Waals surface area contributed by atoms with Crippen molar-refractivity contribution in [2.75, 3.05) is 26.7 Å². The number of hydrogen-bond acceptors (Lipinski definition) is 3. The van der Waals surface area contributed by atoms with Gasteiger partial charge in [-0.15, -0.1) is 0 Å². The molecule has 0 N–H and O–H groups in total. The molecule has 1 heterocycles. The molecule has 1 aliphatic rings. The van der Waals surface area contributed by atoms with E-state index in [1.807, 2.05) is 17.0 Å². The van der Waals surface area contributed by atoms with E-state index in [-0.39, 0.29) is 5.91 Å². The minimum atomic E-state index is 0.266. The molecular weight excluding hydrogens is 324 g/mol. The van der Waals surface area contributed by atoms with Crippen molar-refractivity contribution >= 4 is 5.91 Å². The molecule has 0 spiro atoms. The number of methoxy groups -OCH3 is 1. The monoisotopic (exact) mass is 360 g/mol. The number of piperidine rings is 1. The Hall–Kier alpha value is -1.55. The van der Waals surface area contributed by atoms with Gasteiger partial charge in [0.05, 0.1) is 7.11 Å². The lowest BCUT2D eigenvalue weighted by atomic mass is 10.0. The van der Waals surface area contributed by atoms with Crippen LogP contribution in [0.1, 0.15) is 58.4 Å².